The Morgan fingerprint density at radius 2 is 0.196 bits per heavy atom. The number of hydrogen-bond acceptors (Lipinski definition) is 0. The minimum absolute atomic E-state index is 0.324. The van der Waals surface area contributed by atoms with Crippen molar-refractivity contribution in [2.75, 3.05) is 0 Å². The Balaban J connectivity index is 1.21. The molecule has 12 aromatic rings. The van der Waals surface area contributed by atoms with E-state index in [1.165, 1.54) is 0 Å². The second-order valence-electron chi connectivity index (χ2n) is 23.6. The number of allylic oxidation sites excluding steroid dienone is 8. The van der Waals surface area contributed by atoms with E-state index in [0.717, 1.165) is 100 Å². The van der Waals surface area contributed by atoms with Crippen LogP contribution in [-0.4, -0.2) is 0 Å². The van der Waals surface area contributed by atoms with Crippen LogP contribution in [0.3, 0.4) is 0 Å². The van der Waals surface area contributed by atoms with Gasteiger partial charge in [0.15, 0.2) is 0 Å². The molecule has 0 saturated carbocycles. The Morgan fingerprint density at radius 1 is 0.108 bits per heavy atom. The smallest absolute Gasteiger partial charge is 0.0622 e. The first-order chi connectivity index (χ1) is 50.7. The van der Waals surface area contributed by atoms with E-state index in [1.54, 1.807) is 0 Å². The highest BCUT2D eigenvalue weighted by molar-refractivity contribution is 5.96. The normalized spacial score (nSPS) is 12.0. The van der Waals surface area contributed by atoms with Crippen LogP contribution >= 0.6 is 0 Å². The van der Waals surface area contributed by atoms with Crippen molar-refractivity contribution in [3.63, 3.8) is 0 Å². The summed E-state index contributed by atoms with van der Waals surface area (Å²) in [7, 11) is 0. The second-order valence-corrected chi connectivity index (χ2v) is 23.6. The zero-order valence-corrected chi connectivity index (χ0v) is 55.6. The molecule has 102 heavy (non-hydrogen) atoms. The van der Waals surface area contributed by atoms with Gasteiger partial charge in [-0.05, 0) is 90.4 Å². The van der Waals surface area contributed by atoms with Gasteiger partial charge >= 0.3 is 0 Å². The van der Waals surface area contributed by atoms with Gasteiger partial charge < -0.3 is 0 Å². The quantitative estimate of drug-likeness (QED) is 0.107. The van der Waals surface area contributed by atoms with Crippen molar-refractivity contribution in [2.45, 2.75) is 0 Å². The largest absolute Gasteiger partial charge is 0.0993 e. The summed E-state index contributed by atoms with van der Waals surface area (Å²) < 4.78 is 0. The molecule has 12 aromatic carbocycles. The molecule has 2 aliphatic carbocycles. The second kappa shape index (κ2) is 32.4. The highest BCUT2D eigenvalue weighted by atomic mass is 14.2. The average Bonchev–Trinajstić information content (AvgIpc) is 1.17. The van der Waals surface area contributed by atoms with Gasteiger partial charge in [-0.15, -0.1) is 0 Å². The molecule has 0 amide bonds. The molecular formula is C102H60. The van der Waals surface area contributed by atoms with Crippen molar-refractivity contribution in [3.8, 4) is 94.7 Å². The molecule has 14 rings (SSSR count). The first-order valence-electron chi connectivity index (χ1n) is 33.7. The van der Waals surface area contributed by atoms with Crippen LogP contribution in [0.1, 0.15) is 66.8 Å². The molecule has 0 bridgehead atoms. The fraction of sp³-hybridized carbons (Fsp3) is 0. The van der Waals surface area contributed by atoms with Crippen molar-refractivity contribution < 1.29 is 0 Å². The Labute approximate surface area is 599 Å². The summed E-state index contributed by atoms with van der Waals surface area (Å²) in [6, 6.07) is 124. The summed E-state index contributed by atoms with van der Waals surface area (Å²) in [6.45, 7) is 0. The van der Waals surface area contributed by atoms with E-state index in [4.69, 9.17) is 0 Å². The zero-order chi connectivity index (χ0) is 68.8. The van der Waals surface area contributed by atoms with Crippen LogP contribution in [0.25, 0.3) is 33.4 Å². The van der Waals surface area contributed by atoms with E-state index in [2.05, 4.69) is 240 Å². The minimum Gasteiger partial charge on any atom is -0.0622 e. The topological polar surface area (TPSA) is 0 Å². The van der Waals surface area contributed by atoms with Gasteiger partial charge in [-0.2, -0.15) is 0 Å². The van der Waals surface area contributed by atoms with Crippen LogP contribution in [0, 0.1) is 94.7 Å². The Morgan fingerprint density at radius 3 is 0.294 bits per heavy atom. The molecule has 0 unspecified atom stereocenters. The average molecular weight is 1290 g/mol. The molecule has 0 heteroatoms. The van der Waals surface area contributed by atoms with Crippen LogP contribution in [0.15, 0.2) is 409 Å². The maximum Gasteiger partial charge on any atom is 0.0993 e. The molecule has 0 radical (unpaired) electrons. The summed E-state index contributed by atoms with van der Waals surface area (Å²) in [5.41, 5.74) is 19.9. The van der Waals surface area contributed by atoms with E-state index >= 15 is 0 Å². The molecule has 0 N–H and O–H groups in total. The van der Waals surface area contributed by atoms with Crippen LogP contribution in [0.5, 0.6) is 0 Å². The molecule has 0 heterocycles. The summed E-state index contributed by atoms with van der Waals surface area (Å²) in [6.07, 6.45) is 0. The molecule has 0 spiro atoms. The lowest BCUT2D eigenvalue weighted by atomic mass is 9.90. The van der Waals surface area contributed by atoms with Crippen LogP contribution in [0.4, 0.5) is 0 Å². The molecule has 0 aromatic heterocycles. The predicted molar refractivity (Wildman–Crippen MR) is 423 cm³/mol. The van der Waals surface area contributed by atoms with E-state index in [-0.39, 0.29) is 0 Å². The molecular weight excluding hydrogens is 1230 g/mol. The lowest BCUT2D eigenvalue weighted by Gasteiger charge is -2.11. The molecule has 0 atom stereocenters. The summed E-state index contributed by atoms with van der Waals surface area (Å²) in [4.78, 5) is 0. The Hall–Kier alpha value is -14.7. The summed E-state index contributed by atoms with van der Waals surface area (Å²) >= 11 is 0. The number of benzene rings is 12. The highest BCUT2D eigenvalue weighted by Crippen LogP contribution is 2.35. The molecule has 468 valence electrons. The fourth-order valence-electron chi connectivity index (χ4n) is 12.2. The first kappa shape index (κ1) is 64.6. The Kier molecular flexibility index (Phi) is 20.5. The molecule has 0 saturated heterocycles. The number of hydrogen-bond donors (Lipinski definition) is 0. The first-order valence-corrected chi connectivity index (χ1v) is 33.7. The van der Waals surface area contributed by atoms with Crippen molar-refractivity contribution >= 4 is 33.4 Å². The van der Waals surface area contributed by atoms with Gasteiger partial charge in [-0.3, -0.25) is 0 Å². The van der Waals surface area contributed by atoms with E-state index < -0.39 is 0 Å². The van der Waals surface area contributed by atoms with Gasteiger partial charge in [-0.1, -0.05) is 435 Å². The van der Waals surface area contributed by atoms with Crippen LogP contribution in [-0.2, 0) is 0 Å². The lowest BCUT2D eigenvalue weighted by Crippen LogP contribution is -1.96. The lowest BCUT2D eigenvalue weighted by molar-refractivity contribution is 1.52. The fourth-order valence-corrected chi connectivity index (χ4v) is 12.2. The van der Waals surface area contributed by atoms with Gasteiger partial charge in [0, 0.05) is 33.4 Å². The van der Waals surface area contributed by atoms with Gasteiger partial charge in [-0.25, -0.2) is 0 Å². The maximum absolute atomic E-state index is 3.75. The van der Waals surface area contributed by atoms with Gasteiger partial charge in [0.1, 0.15) is 0 Å². The summed E-state index contributed by atoms with van der Waals surface area (Å²) in [5.74, 6) is 59.7. The summed E-state index contributed by atoms with van der Waals surface area (Å²) in [5, 5.41) is 0. The number of rotatable bonds is 12. The van der Waals surface area contributed by atoms with Crippen molar-refractivity contribution in [1.29, 1.82) is 0 Å². The molecule has 2 aliphatic rings. The third-order valence-electron chi connectivity index (χ3n) is 17.0. The maximum atomic E-state index is 3.75. The van der Waals surface area contributed by atoms with Crippen molar-refractivity contribution in [3.05, 3.63) is 475 Å². The van der Waals surface area contributed by atoms with E-state index in [9.17, 15) is 0 Å². The third-order valence-corrected chi connectivity index (χ3v) is 17.0. The third kappa shape index (κ3) is 15.6. The predicted octanol–water partition coefficient (Wildman–Crippen LogP) is 21.4. The molecule has 0 nitrogen and oxygen atoms in total. The van der Waals surface area contributed by atoms with Crippen LogP contribution < -0.4 is 0 Å². The SMILES string of the molecule is C1#CC(=C(c2ccccc2)c2ccccc2)C#CC(=C(c2ccccc2)c2ccccc2)C#CC(=C(c2ccccc2)c2ccccc2)C#CC2=C1C#CC(=C(c1ccccc1)c1ccccc1)C#CC(=C(c1ccccc1)c1ccccc1)C#CC(=C(c1ccccc1)c1ccccc1)C#C2. The Bertz CT molecular complexity index is 4980. The monoisotopic (exact) mass is 1280 g/mol. The van der Waals surface area contributed by atoms with E-state index in [0.29, 0.717) is 44.6 Å². The van der Waals surface area contributed by atoms with Crippen LogP contribution in [0.2, 0.25) is 0 Å². The molecule has 0 fully saturated rings. The minimum atomic E-state index is 0.324. The van der Waals surface area contributed by atoms with Crippen molar-refractivity contribution in [2.24, 2.45) is 0 Å². The van der Waals surface area contributed by atoms with E-state index in [1.807, 2.05) is 218 Å². The van der Waals surface area contributed by atoms with Gasteiger partial charge in [0.25, 0.3) is 0 Å². The van der Waals surface area contributed by atoms with Gasteiger partial charge in [0.05, 0.1) is 44.6 Å². The molecule has 0 aliphatic heterocycles. The highest BCUT2D eigenvalue weighted by Gasteiger charge is 2.19. The standard InChI is InChI=1S/C102H60/c1-13-37-79(38-14-1)97(80-39-15-2-16-40-80)91-65-61-77-62-66-92(98(81-41-17-3-18-42-81)82-43-19-4-20-44-82)71-75-96(102(89-57-33-11-34-58-89)90-59-35-12-36-60-90)76-72-94(100(85-49-25-7-26-50-85)86-51-27-8-28-52-86)68-64-78(77)63-67-93(99(83-45-21-5-22-46-83)84-47-23-6-24-48-84)70-74-95(73-69-91)101(87-53-29-9-30-54-87)88-55-31-10-32-56-88/h1-60H. The van der Waals surface area contributed by atoms with Crippen molar-refractivity contribution in [1.82, 2.24) is 0 Å². The van der Waals surface area contributed by atoms with Gasteiger partial charge in [0.2, 0.25) is 0 Å². The zero-order valence-electron chi connectivity index (χ0n) is 55.6.